The van der Waals surface area contributed by atoms with Crippen LogP contribution in [0.25, 0.3) is 10.8 Å². The lowest BCUT2D eigenvalue weighted by molar-refractivity contribution is 0.624. The first-order valence-electron chi connectivity index (χ1n) is 8.50. The summed E-state index contributed by atoms with van der Waals surface area (Å²) in [5.41, 5.74) is 2.71. The van der Waals surface area contributed by atoms with Crippen molar-refractivity contribution in [3.8, 4) is 0 Å². The van der Waals surface area contributed by atoms with Crippen LogP contribution in [0.15, 0.2) is 79.1 Å². The molecule has 1 aromatic heterocycles. The quantitative estimate of drug-likeness (QED) is 0.490. The normalized spacial score (nSPS) is 10.7. The van der Waals surface area contributed by atoms with Gasteiger partial charge in [-0.25, -0.2) is 4.39 Å². The monoisotopic (exact) mass is 376 g/mol. The van der Waals surface area contributed by atoms with Crippen LogP contribution in [0.2, 0.25) is 0 Å². The summed E-state index contributed by atoms with van der Waals surface area (Å²) in [6.07, 6.45) is 3.57. The Labute approximate surface area is 161 Å². The molecule has 3 aromatic carbocycles. The number of nitrogens with zero attached hydrogens (tertiary/aromatic N) is 2. The summed E-state index contributed by atoms with van der Waals surface area (Å²) >= 11 is 5.43. The van der Waals surface area contributed by atoms with E-state index >= 15 is 0 Å². The van der Waals surface area contributed by atoms with Crippen LogP contribution in [0.4, 0.5) is 15.8 Å². The van der Waals surface area contributed by atoms with Crippen molar-refractivity contribution in [1.29, 1.82) is 0 Å². The van der Waals surface area contributed by atoms with Gasteiger partial charge in [-0.2, -0.15) is 5.10 Å². The van der Waals surface area contributed by atoms with Gasteiger partial charge >= 0.3 is 0 Å². The van der Waals surface area contributed by atoms with E-state index in [9.17, 15) is 4.39 Å². The molecule has 0 aliphatic rings. The lowest BCUT2D eigenvalue weighted by Crippen LogP contribution is -2.18. The van der Waals surface area contributed by atoms with Crippen molar-refractivity contribution in [3.05, 3.63) is 90.5 Å². The summed E-state index contributed by atoms with van der Waals surface area (Å²) < 4.78 is 14.8. The van der Waals surface area contributed by atoms with Gasteiger partial charge in [-0.15, -0.1) is 0 Å². The third-order valence-electron chi connectivity index (χ3n) is 4.19. The topological polar surface area (TPSA) is 41.9 Å². The van der Waals surface area contributed by atoms with Gasteiger partial charge in [-0.05, 0) is 41.4 Å². The molecular weight excluding hydrogens is 359 g/mol. The van der Waals surface area contributed by atoms with E-state index in [2.05, 4.69) is 33.9 Å². The van der Waals surface area contributed by atoms with Gasteiger partial charge in [0.25, 0.3) is 0 Å². The minimum atomic E-state index is -0.244. The molecule has 4 aromatic rings. The molecule has 0 radical (unpaired) electrons. The van der Waals surface area contributed by atoms with E-state index in [4.69, 9.17) is 12.2 Å². The van der Waals surface area contributed by atoms with Crippen LogP contribution >= 0.6 is 12.2 Å². The van der Waals surface area contributed by atoms with Gasteiger partial charge in [0.2, 0.25) is 0 Å². The first kappa shape index (κ1) is 17.2. The molecule has 1 heterocycles. The van der Waals surface area contributed by atoms with Gasteiger partial charge in [0.05, 0.1) is 18.4 Å². The third-order valence-corrected chi connectivity index (χ3v) is 4.39. The SMILES string of the molecule is Fc1ccc(Cn2cc(NC(=S)Nc3cccc4ccccc34)cn2)cc1. The Bertz CT molecular complexity index is 1080. The van der Waals surface area contributed by atoms with E-state index < -0.39 is 0 Å². The van der Waals surface area contributed by atoms with Gasteiger partial charge in [0.15, 0.2) is 5.11 Å². The molecule has 2 N–H and O–H groups in total. The molecular formula is C21H17FN4S. The molecule has 0 amide bonds. The zero-order valence-electron chi connectivity index (χ0n) is 14.4. The number of nitrogens with one attached hydrogen (secondary N) is 2. The molecule has 0 saturated carbocycles. The highest BCUT2D eigenvalue weighted by molar-refractivity contribution is 7.80. The minimum Gasteiger partial charge on any atom is -0.332 e. The Morgan fingerprint density at radius 2 is 1.74 bits per heavy atom. The third kappa shape index (κ3) is 4.12. The summed E-state index contributed by atoms with van der Waals surface area (Å²) in [7, 11) is 0. The number of fused-ring (bicyclic) bond motifs is 1. The zero-order valence-corrected chi connectivity index (χ0v) is 15.2. The van der Waals surface area contributed by atoms with E-state index in [0.717, 1.165) is 27.7 Å². The molecule has 0 unspecified atom stereocenters. The predicted octanol–water partition coefficient (Wildman–Crippen LogP) is 5.03. The maximum Gasteiger partial charge on any atom is 0.175 e. The average molecular weight is 376 g/mol. The Balaban J connectivity index is 1.42. The predicted molar refractivity (Wildman–Crippen MR) is 112 cm³/mol. The number of aromatic nitrogens is 2. The Hall–Kier alpha value is -3.25. The van der Waals surface area contributed by atoms with Crippen LogP contribution < -0.4 is 10.6 Å². The summed E-state index contributed by atoms with van der Waals surface area (Å²) in [4.78, 5) is 0. The van der Waals surface area contributed by atoms with Crippen molar-refractivity contribution < 1.29 is 4.39 Å². The van der Waals surface area contributed by atoms with E-state index in [1.807, 2.05) is 30.5 Å². The van der Waals surface area contributed by atoms with E-state index in [0.29, 0.717) is 11.7 Å². The van der Waals surface area contributed by atoms with Gasteiger partial charge in [0, 0.05) is 17.3 Å². The fraction of sp³-hybridized carbons (Fsp3) is 0.0476. The first-order chi connectivity index (χ1) is 13.2. The number of hydrogen-bond donors (Lipinski definition) is 2. The molecule has 4 rings (SSSR count). The highest BCUT2D eigenvalue weighted by Crippen LogP contribution is 2.23. The van der Waals surface area contributed by atoms with Crippen LogP contribution in [0, 0.1) is 5.82 Å². The molecule has 0 atom stereocenters. The first-order valence-corrected chi connectivity index (χ1v) is 8.91. The summed E-state index contributed by atoms with van der Waals surface area (Å²) in [5.74, 6) is -0.244. The number of hydrogen-bond acceptors (Lipinski definition) is 2. The van der Waals surface area contributed by atoms with Crippen LogP contribution in [0.3, 0.4) is 0 Å². The largest absolute Gasteiger partial charge is 0.332 e. The number of benzene rings is 3. The molecule has 0 fully saturated rings. The van der Waals surface area contributed by atoms with Crippen molar-refractivity contribution in [3.63, 3.8) is 0 Å². The van der Waals surface area contributed by atoms with Crippen LogP contribution in [0.5, 0.6) is 0 Å². The lowest BCUT2D eigenvalue weighted by Gasteiger charge is -2.11. The van der Waals surface area contributed by atoms with E-state index in [1.165, 1.54) is 12.1 Å². The average Bonchev–Trinajstić information content (AvgIpc) is 3.10. The van der Waals surface area contributed by atoms with Crippen LogP contribution in [-0.2, 0) is 6.54 Å². The summed E-state index contributed by atoms with van der Waals surface area (Å²) in [5, 5.41) is 13.5. The number of halogens is 1. The van der Waals surface area contributed by atoms with Crippen molar-refractivity contribution >= 4 is 39.5 Å². The Morgan fingerprint density at radius 3 is 2.59 bits per heavy atom. The summed E-state index contributed by atoms with van der Waals surface area (Å²) in [6.45, 7) is 0.561. The second-order valence-corrected chi connectivity index (χ2v) is 6.57. The molecule has 0 aliphatic heterocycles. The van der Waals surface area contributed by atoms with Gasteiger partial charge < -0.3 is 10.6 Å². The molecule has 0 aliphatic carbocycles. The second-order valence-electron chi connectivity index (χ2n) is 6.16. The molecule has 27 heavy (non-hydrogen) atoms. The molecule has 0 spiro atoms. The minimum absolute atomic E-state index is 0.244. The highest BCUT2D eigenvalue weighted by Gasteiger charge is 2.05. The fourth-order valence-electron chi connectivity index (χ4n) is 2.91. The highest BCUT2D eigenvalue weighted by atomic mass is 32.1. The number of anilines is 2. The van der Waals surface area contributed by atoms with Crippen molar-refractivity contribution in [1.82, 2.24) is 9.78 Å². The standard InChI is InChI=1S/C21H17FN4S/c22-17-10-8-15(9-11-17)13-26-14-18(12-23-26)24-21(27)25-20-7-3-5-16-4-1-2-6-19(16)20/h1-12,14H,13H2,(H2,24,25,27). The molecule has 4 nitrogen and oxygen atoms in total. The second kappa shape index (κ2) is 7.55. The van der Waals surface area contributed by atoms with Crippen LogP contribution in [0.1, 0.15) is 5.56 Å². The van der Waals surface area contributed by atoms with Crippen molar-refractivity contribution in [2.45, 2.75) is 6.54 Å². The van der Waals surface area contributed by atoms with Crippen LogP contribution in [-0.4, -0.2) is 14.9 Å². The summed E-state index contributed by atoms with van der Waals surface area (Å²) in [6, 6.07) is 20.6. The zero-order chi connectivity index (χ0) is 18.6. The molecule has 0 saturated heterocycles. The Kier molecular flexibility index (Phi) is 4.80. The Morgan fingerprint density at radius 1 is 0.963 bits per heavy atom. The lowest BCUT2D eigenvalue weighted by atomic mass is 10.1. The maximum atomic E-state index is 13.0. The molecule has 0 bridgehead atoms. The molecule has 134 valence electrons. The van der Waals surface area contributed by atoms with Crippen molar-refractivity contribution in [2.75, 3.05) is 10.6 Å². The molecule has 6 heteroatoms. The van der Waals surface area contributed by atoms with E-state index in [-0.39, 0.29) is 5.82 Å². The fourth-order valence-corrected chi connectivity index (χ4v) is 3.14. The van der Waals surface area contributed by atoms with E-state index in [1.54, 1.807) is 23.0 Å². The smallest absolute Gasteiger partial charge is 0.175 e. The number of thiocarbonyl (C=S) groups is 1. The van der Waals surface area contributed by atoms with Gasteiger partial charge in [-0.3, -0.25) is 4.68 Å². The van der Waals surface area contributed by atoms with Gasteiger partial charge in [0.1, 0.15) is 5.82 Å². The number of rotatable bonds is 4. The maximum absolute atomic E-state index is 13.0. The van der Waals surface area contributed by atoms with Crippen molar-refractivity contribution in [2.24, 2.45) is 0 Å². The van der Waals surface area contributed by atoms with Gasteiger partial charge in [-0.1, -0.05) is 48.5 Å².